The van der Waals surface area contributed by atoms with Gasteiger partial charge in [-0.25, -0.2) is 0 Å². The highest BCUT2D eigenvalue weighted by molar-refractivity contribution is 7.12. The highest BCUT2D eigenvalue weighted by Gasteiger charge is 2.16. The molecule has 5 heteroatoms. The van der Waals surface area contributed by atoms with E-state index >= 15 is 0 Å². The lowest BCUT2D eigenvalue weighted by molar-refractivity contribution is 0.0938. The van der Waals surface area contributed by atoms with Gasteiger partial charge in [0.05, 0.1) is 19.6 Å². The first-order valence-electron chi connectivity index (χ1n) is 5.02. The fourth-order valence-electron chi connectivity index (χ4n) is 1.28. The number of hydrogen-bond acceptors (Lipinski definition) is 4. The van der Waals surface area contributed by atoms with E-state index in [-0.39, 0.29) is 11.9 Å². The van der Waals surface area contributed by atoms with Crippen LogP contribution in [0.15, 0.2) is 11.4 Å². The van der Waals surface area contributed by atoms with E-state index in [1.165, 1.54) is 18.4 Å². The van der Waals surface area contributed by atoms with Crippen molar-refractivity contribution in [3.8, 4) is 11.8 Å². The van der Waals surface area contributed by atoms with E-state index in [1.807, 2.05) is 6.92 Å². The highest BCUT2D eigenvalue weighted by Crippen LogP contribution is 2.24. The lowest BCUT2D eigenvalue weighted by Gasteiger charge is -2.13. The number of thiophene rings is 1. The van der Waals surface area contributed by atoms with Crippen LogP contribution < -0.4 is 10.1 Å². The summed E-state index contributed by atoms with van der Waals surface area (Å²) in [5.74, 6) is 0.406. The SMILES string of the molecule is CCC(CC#N)NC(=O)c1sccc1OC. The summed E-state index contributed by atoms with van der Waals surface area (Å²) in [6.07, 6.45) is 1.07. The predicted octanol–water partition coefficient (Wildman–Crippen LogP) is 2.18. The van der Waals surface area contributed by atoms with Gasteiger partial charge in [-0.15, -0.1) is 11.3 Å². The Hall–Kier alpha value is -1.54. The quantitative estimate of drug-likeness (QED) is 0.855. The Bertz CT molecular complexity index is 395. The van der Waals surface area contributed by atoms with E-state index in [4.69, 9.17) is 10.00 Å². The van der Waals surface area contributed by atoms with Crippen LogP contribution in [0.1, 0.15) is 29.4 Å². The summed E-state index contributed by atoms with van der Waals surface area (Å²) in [4.78, 5) is 12.4. The molecule has 0 aliphatic rings. The molecule has 1 N–H and O–H groups in total. The number of nitrogens with one attached hydrogen (secondary N) is 1. The maximum atomic E-state index is 11.8. The molecule has 0 saturated carbocycles. The van der Waals surface area contributed by atoms with Crippen molar-refractivity contribution in [3.63, 3.8) is 0 Å². The third-order valence-electron chi connectivity index (χ3n) is 2.22. The largest absolute Gasteiger partial charge is 0.495 e. The first-order chi connectivity index (χ1) is 7.72. The summed E-state index contributed by atoms with van der Waals surface area (Å²) in [5.41, 5.74) is 0. The Morgan fingerprint density at radius 2 is 2.50 bits per heavy atom. The molecule has 0 fully saturated rings. The Kier molecular flexibility index (Phi) is 4.80. The second kappa shape index (κ2) is 6.13. The van der Waals surface area contributed by atoms with E-state index in [2.05, 4.69) is 11.4 Å². The molecule has 1 aromatic rings. The van der Waals surface area contributed by atoms with Crippen molar-refractivity contribution < 1.29 is 9.53 Å². The molecule has 0 radical (unpaired) electrons. The van der Waals surface area contributed by atoms with Gasteiger partial charge in [0.1, 0.15) is 10.6 Å². The molecular weight excluding hydrogens is 224 g/mol. The molecule has 0 aromatic carbocycles. The van der Waals surface area contributed by atoms with E-state index < -0.39 is 0 Å². The maximum Gasteiger partial charge on any atom is 0.265 e. The number of rotatable bonds is 5. The van der Waals surface area contributed by atoms with Crippen LogP contribution in [-0.4, -0.2) is 19.1 Å². The number of carbonyl (C=O) groups is 1. The molecule has 1 rings (SSSR count). The van der Waals surface area contributed by atoms with E-state index in [9.17, 15) is 4.79 Å². The standard InChI is InChI=1S/C11H14N2O2S/c1-3-8(4-6-12)13-11(14)10-9(15-2)5-7-16-10/h5,7-8H,3-4H2,1-2H3,(H,13,14). The highest BCUT2D eigenvalue weighted by atomic mass is 32.1. The Balaban J connectivity index is 2.68. The number of carbonyl (C=O) groups excluding carboxylic acids is 1. The van der Waals surface area contributed by atoms with Gasteiger partial charge in [0, 0.05) is 6.04 Å². The molecular formula is C11H14N2O2S. The van der Waals surface area contributed by atoms with Crippen LogP contribution in [0.3, 0.4) is 0 Å². The van der Waals surface area contributed by atoms with Gasteiger partial charge in [0.15, 0.2) is 0 Å². The molecule has 1 atom stereocenters. The van der Waals surface area contributed by atoms with Crippen molar-refractivity contribution in [1.29, 1.82) is 5.26 Å². The molecule has 1 unspecified atom stereocenters. The van der Waals surface area contributed by atoms with Crippen molar-refractivity contribution in [2.75, 3.05) is 7.11 Å². The maximum absolute atomic E-state index is 11.8. The summed E-state index contributed by atoms with van der Waals surface area (Å²) in [5, 5.41) is 13.2. The van der Waals surface area contributed by atoms with Crippen molar-refractivity contribution in [3.05, 3.63) is 16.3 Å². The third-order valence-corrected chi connectivity index (χ3v) is 3.12. The minimum atomic E-state index is -0.172. The van der Waals surface area contributed by atoms with Gasteiger partial charge < -0.3 is 10.1 Å². The fourth-order valence-corrected chi connectivity index (χ4v) is 2.04. The fraction of sp³-hybridized carbons (Fsp3) is 0.455. The van der Waals surface area contributed by atoms with Gasteiger partial charge >= 0.3 is 0 Å². The second-order valence-corrected chi connectivity index (χ2v) is 4.18. The zero-order valence-electron chi connectivity index (χ0n) is 9.32. The van der Waals surface area contributed by atoms with E-state index in [0.29, 0.717) is 17.0 Å². The topological polar surface area (TPSA) is 62.1 Å². The number of nitriles is 1. The lowest BCUT2D eigenvalue weighted by atomic mass is 10.1. The van der Waals surface area contributed by atoms with Crippen LogP contribution in [0.4, 0.5) is 0 Å². The van der Waals surface area contributed by atoms with Crippen LogP contribution in [0.2, 0.25) is 0 Å². The molecule has 0 aliphatic carbocycles. The number of hydrogen-bond donors (Lipinski definition) is 1. The number of ether oxygens (including phenoxy) is 1. The molecule has 0 bridgehead atoms. The zero-order chi connectivity index (χ0) is 12.0. The van der Waals surface area contributed by atoms with Gasteiger partial charge in [0.2, 0.25) is 0 Å². The predicted molar refractivity (Wildman–Crippen MR) is 62.6 cm³/mol. The summed E-state index contributed by atoms with van der Waals surface area (Å²) in [6.45, 7) is 1.94. The van der Waals surface area contributed by atoms with Crippen molar-refractivity contribution in [2.45, 2.75) is 25.8 Å². The normalized spacial score (nSPS) is 11.6. The zero-order valence-corrected chi connectivity index (χ0v) is 10.1. The number of methoxy groups -OCH3 is 1. The monoisotopic (exact) mass is 238 g/mol. The minimum Gasteiger partial charge on any atom is -0.495 e. The van der Waals surface area contributed by atoms with E-state index in [1.54, 1.807) is 11.4 Å². The molecule has 1 amide bonds. The smallest absolute Gasteiger partial charge is 0.265 e. The van der Waals surface area contributed by atoms with Gasteiger partial charge in [-0.2, -0.15) is 5.26 Å². The first kappa shape index (κ1) is 12.5. The second-order valence-electron chi connectivity index (χ2n) is 3.26. The molecule has 86 valence electrons. The number of nitrogens with zero attached hydrogens (tertiary/aromatic N) is 1. The average Bonchev–Trinajstić information content (AvgIpc) is 2.76. The van der Waals surface area contributed by atoms with Gasteiger partial charge in [-0.3, -0.25) is 4.79 Å². The summed E-state index contributed by atoms with van der Waals surface area (Å²) >= 11 is 1.33. The Morgan fingerprint density at radius 3 is 3.06 bits per heavy atom. The molecule has 0 spiro atoms. The molecule has 4 nitrogen and oxygen atoms in total. The Labute approximate surface area is 98.8 Å². The van der Waals surface area contributed by atoms with Crippen molar-refractivity contribution in [2.24, 2.45) is 0 Å². The van der Waals surface area contributed by atoms with Crippen LogP contribution >= 0.6 is 11.3 Å². The average molecular weight is 238 g/mol. The minimum absolute atomic E-state index is 0.0932. The molecule has 0 aliphatic heterocycles. The van der Waals surface area contributed by atoms with Crippen molar-refractivity contribution >= 4 is 17.2 Å². The van der Waals surface area contributed by atoms with Gasteiger partial charge in [-0.05, 0) is 17.9 Å². The third kappa shape index (κ3) is 2.97. The summed E-state index contributed by atoms with van der Waals surface area (Å²) in [6, 6.07) is 3.72. The first-order valence-corrected chi connectivity index (χ1v) is 5.90. The van der Waals surface area contributed by atoms with Crippen molar-refractivity contribution in [1.82, 2.24) is 5.32 Å². The lowest BCUT2D eigenvalue weighted by Crippen LogP contribution is -2.33. The van der Waals surface area contributed by atoms with E-state index in [0.717, 1.165) is 6.42 Å². The van der Waals surface area contributed by atoms with Gasteiger partial charge in [-0.1, -0.05) is 6.92 Å². The van der Waals surface area contributed by atoms with Crippen LogP contribution in [0.25, 0.3) is 0 Å². The van der Waals surface area contributed by atoms with Crippen LogP contribution in [0.5, 0.6) is 5.75 Å². The molecule has 0 saturated heterocycles. The van der Waals surface area contributed by atoms with Crippen LogP contribution in [-0.2, 0) is 0 Å². The molecule has 1 aromatic heterocycles. The van der Waals surface area contributed by atoms with Gasteiger partial charge in [0.25, 0.3) is 5.91 Å². The Morgan fingerprint density at radius 1 is 1.75 bits per heavy atom. The molecule has 1 heterocycles. The summed E-state index contributed by atoms with van der Waals surface area (Å²) in [7, 11) is 1.53. The number of amides is 1. The molecule has 16 heavy (non-hydrogen) atoms. The summed E-state index contributed by atoms with van der Waals surface area (Å²) < 4.78 is 5.07. The van der Waals surface area contributed by atoms with Crippen LogP contribution in [0, 0.1) is 11.3 Å².